The van der Waals surface area contributed by atoms with Gasteiger partial charge in [0.1, 0.15) is 15.6 Å². The van der Waals surface area contributed by atoms with Gasteiger partial charge in [-0.3, -0.25) is 4.79 Å². The quantitative estimate of drug-likeness (QED) is 0.676. The molecule has 0 unspecified atom stereocenters. The summed E-state index contributed by atoms with van der Waals surface area (Å²) in [5.41, 5.74) is -0.128. The van der Waals surface area contributed by atoms with Crippen molar-refractivity contribution in [3.63, 3.8) is 0 Å². The summed E-state index contributed by atoms with van der Waals surface area (Å²) in [6, 6.07) is 7.57. The van der Waals surface area contributed by atoms with Crippen LogP contribution in [0.15, 0.2) is 62.1 Å². The van der Waals surface area contributed by atoms with Gasteiger partial charge < -0.3 is 5.11 Å². The molecular weight excluding hydrogens is 435 g/mol. The van der Waals surface area contributed by atoms with E-state index in [0.717, 1.165) is 12.1 Å². The molecular formula is C17H8Cl2O6S2. The number of Topliss-reactive ketones (excluding diaryl/α,β-unsaturated/α-hetero) is 1. The molecule has 0 bridgehead atoms. The maximum absolute atomic E-state index is 12.7. The maximum atomic E-state index is 12.7. The number of aliphatic hydroxyl groups is 1. The molecule has 0 fully saturated rings. The topological polar surface area (TPSA) is 106 Å². The highest BCUT2D eigenvalue weighted by molar-refractivity contribution is 7.97. The molecule has 0 radical (unpaired) electrons. The van der Waals surface area contributed by atoms with E-state index in [9.17, 15) is 26.7 Å². The normalized spacial score (nSPS) is 20.8. The van der Waals surface area contributed by atoms with Gasteiger partial charge in [0, 0.05) is 21.2 Å². The van der Waals surface area contributed by atoms with Crippen LogP contribution < -0.4 is 0 Å². The summed E-state index contributed by atoms with van der Waals surface area (Å²) < 4.78 is 50.9. The van der Waals surface area contributed by atoms with Crippen LogP contribution in [0.3, 0.4) is 0 Å². The van der Waals surface area contributed by atoms with E-state index in [1.54, 1.807) is 0 Å². The van der Waals surface area contributed by atoms with Crippen molar-refractivity contribution in [3.05, 3.63) is 73.5 Å². The van der Waals surface area contributed by atoms with Gasteiger partial charge in [-0.2, -0.15) is 0 Å². The van der Waals surface area contributed by atoms with Crippen LogP contribution in [-0.4, -0.2) is 27.7 Å². The molecule has 2 aromatic carbocycles. The molecule has 4 rings (SSSR count). The zero-order valence-electron chi connectivity index (χ0n) is 13.1. The van der Waals surface area contributed by atoms with Crippen LogP contribution in [0.4, 0.5) is 0 Å². The summed E-state index contributed by atoms with van der Waals surface area (Å²) in [4.78, 5) is 10.6. The fourth-order valence-corrected chi connectivity index (χ4v) is 6.74. The first-order valence-electron chi connectivity index (χ1n) is 7.34. The van der Waals surface area contributed by atoms with Crippen LogP contribution in [0.2, 0.25) is 10.0 Å². The Labute approximate surface area is 164 Å². The van der Waals surface area contributed by atoms with Gasteiger partial charge in [0.05, 0.1) is 9.79 Å². The van der Waals surface area contributed by atoms with Crippen LogP contribution in [0.5, 0.6) is 0 Å². The van der Waals surface area contributed by atoms with Crippen LogP contribution in [-0.2, 0) is 19.7 Å². The van der Waals surface area contributed by atoms with Gasteiger partial charge in [0.15, 0.2) is 0 Å². The summed E-state index contributed by atoms with van der Waals surface area (Å²) in [5.74, 6) is -1.52. The van der Waals surface area contributed by atoms with Crippen molar-refractivity contribution in [2.45, 2.75) is 9.79 Å². The Morgan fingerprint density at radius 2 is 1.33 bits per heavy atom. The third-order valence-corrected chi connectivity index (χ3v) is 8.34. The van der Waals surface area contributed by atoms with Crippen LogP contribution >= 0.6 is 23.2 Å². The van der Waals surface area contributed by atoms with Gasteiger partial charge in [-0.05, 0) is 42.5 Å². The fraction of sp³-hybridized carbons (Fsp3) is 0. The zero-order chi connectivity index (χ0) is 19.7. The number of hydrogen-bond donors (Lipinski definition) is 1. The smallest absolute Gasteiger partial charge is 0.211 e. The average molecular weight is 443 g/mol. The van der Waals surface area contributed by atoms with E-state index in [2.05, 4.69) is 0 Å². The summed E-state index contributed by atoms with van der Waals surface area (Å²) >= 11 is 11.6. The highest BCUT2D eigenvalue weighted by atomic mass is 35.5. The standard InChI is InChI=1S/C17H8Cl2O6S2/c18-8-1-3-10-12(5-8)26(22,23)14(16(10)20)7-15-17(21)11-4-2-9(19)6-13(11)27(15,24)25/h1-7,20H/b15-7+. The average Bonchev–Trinajstić information content (AvgIpc) is 2.89. The van der Waals surface area contributed by atoms with Gasteiger partial charge in [-0.25, -0.2) is 16.8 Å². The summed E-state index contributed by atoms with van der Waals surface area (Å²) in [6.07, 6.45) is 0.685. The minimum Gasteiger partial charge on any atom is -0.506 e. The Hall–Kier alpha value is -2.13. The van der Waals surface area contributed by atoms with Crippen LogP contribution in [0, 0.1) is 0 Å². The molecule has 0 spiro atoms. The lowest BCUT2D eigenvalue weighted by atomic mass is 10.1. The Morgan fingerprint density at radius 1 is 0.815 bits per heavy atom. The molecule has 6 nitrogen and oxygen atoms in total. The Balaban J connectivity index is 1.96. The second-order valence-corrected chi connectivity index (χ2v) is 10.5. The number of rotatable bonds is 1. The summed E-state index contributed by atoms with van der Waals surface area (Å²) in [7, 11) is -8.53. The number of hydrogen-bond acceptors (Lipinski definition) is 6. The second-order valence-electron chi connectivity index (χ2n) is 5.84. The van der Waals surface area contributed by atoms with E-state index in [1.165, 1.54) is 24.3 Å². The molecule has 1 N–H and O–H groups in total. The van der Waals surface area contributed by atoms with Crippen molar-refractivity contribution >= 4 is 54.4 Å². The molecule has 0 saturated carbocycles. The SMILES string of the molecule is O=C1/C(=C\C2=C(O)c3ccc(Cl)cc3S2(=O)=O)S(=O)(=O)c2cc(Cl)ccc21. The molecule has 0 atom stereocenters. The van der Waals surface area contributed by atoms with Gasteiger partial charge >= 0.3 is 0 Å². The lowest BCUT2D eigenvalue weighted by Crippen LogP contribution is -2.06. The zero-order valence-corrected chi connectivity index (χ0v) is 16.2. The number of carbonyl (C=O) groups is 1. The monoisotopic (exact) mass is 442 g/mol. The van der Waals surface area contributed by atoms with E-state index in [0.29, 0.717) is 6.08 Å². The molecule has 0 aliphatic carbocycles. The van der Waals surface area contributed by atoms with Crippen molar-refractivity contribution in [3.8, 4) is 0 Å². The largest absolute Gasteiger partial charge is 0.506 e. The lowest BCUT2D eigenvalue weighted by molar-refractivity contribution is 0.104. The van der Waals surface area contributed by atoms with E-state index in [-0.39, 0.29) is 31.0 Å². The molecule has 2 aromatic rings. The molecule has 2 aliphatic heterocycles. The van der Waals surface area contributed by atoms with E-state index >= 15 is 0 Å². The molecule has 0 aromatic heterocycles. The first-order chi connectivity index (χ1) is 12.5. The highest BCUT2D eigenvalue weighted by Crippen LogP contribution is 2.42. The molecule has 2 heterocycles. The predicted octanol–water partition coefficient (Wildman–Crippen LogP) is 3.56. The fourth-order valence-electron chi connectivity index (χ4n) is 2.98. The number of allylic oxidation sites excluding steroid dienone is 2. The van der Waals surface area contributed by atoms with Gasteiger partial charge in [0.25, 0.3) is 0 Å². The predicted molar refractivity (Wildman–Crippen MR) is 99.2 cm³/mol. The van der Waals surface area contributed by atoms with E-state index in [4.69, 9.17) is 23.2 Å². The van der Waals surface area contributed by atoms with Crippen molar-refractivity contribution in [1.29, 1.82) is 0 Å². The number of aliphatic hydroxyl groups excluding tert-OH is 1. The number of ketones is 1. The molecule has 10 heteroatoms. The number of carbonyl (C=O) groups excluding carboxylic acids is 1. The molecule has 138 valence electrons. The third-order valence-electron chi connectivity index (χ3n) is 4.26. The second kappa shape index (κ2) is 5.68. The van der Waals surface area contributed by atoms with Gasteiger partial charge in [-0.1, -0.05) is 23.2 Å². The number of halogens is 2. The van der Waals surface area contributed by atoms with Gasteiger partial charge in [-0.15, -0.1) is 0 Å². The third kappa shape index (κ3) is 2.48. The van der Waals surface area contributed by atoms with Crippen molar-refractivity contribution < 1.29 is 26.7 Å². The van der Waals surface area contributed by atoms with Crippen molar-refractivity contribution in [2.24, 2.45) is 0 Å². The molecule has 0 amide bonds. The van der Waals surface area contributed by atoms with Gasteiger partial charge in [0.2, 0.25) is 25.5 Å². The number of sulfone groups is 2. The van der Waals surface area contributed by atoms with E-state index < -0.39 is 41.0 Å². The summed E-state index contributed by atoms with van der Waals surface area (Å²) in [5, 5.41) is 10.6. The molecule has 27 heavy (non-hydrogen) atoms. The maximum Gasteiger partial charge on any atom is 0.211 e. The minimum absolute atomic E-state index is 0.0188. The number of benzene rings is 2. The van der Waals surface area contributed by atoms with Crippen LogP contribution in [0.1, 0.15) is 15.9 Å². The Bertz CT molecular complexity index is 1340. The van der Waals surface area contributed by atoms with Crippen molar-refractivity contribution in [2.75, 3.05) is 0 Å². The Morgan fingerprint density at radius 3 is 1.93 bits per heavy atom. The summed E-state index contributed by atoms with van der Waals surface area (Å²) in [6.45, 7) is 0. The molecule has 0 saturated heterocycles. The Kier molecular flexibility index (Phi) is 3.84. The van der Waals surface area contributed by atoms with Crippen LogP contribution in [0.25, 0.3) is 5.76 Å². The van der Waals surface area contributed by atoms with E-state index in [1.807, 2.05) is 0 Å². The minimum atomic E-state index is -4.28. The number of fused-ring (bicyclic) bond motifs is 2. The first kappa shape index (κ1) is 18.2. The van der Waals surface area contributed by atoms with Crippen molar-refractivity contribution in [1.82, 2.24) is 0 Å². The lowest BCUT2D eigenvalue weighted by Gasteiger charge is -2.01. The molecule has 2 aliphatic rings. The highest BCUT2D eigenvalue weighted by Gasteiger charge is 2.42. The first-order valence-corrected chi connectivity index (χ1v) is 11.1.